The van der Waals surface area contributed by atoms with E-state index < -0.39 is 48.0 Å². The van der Waals surface area contributed by atoms with E-state index in [1.807, 2.05) is 0 Å². The second-order valence-corrected chi connectivity index (χ2v) is 7.76. The molecule has 32 heavy (non-hydrogen) atoms. The summed E-state index contributed by atoms with van der Waals surface area (Å²) in [5, 5.41) is 28.7. The molecule has 0 aliphatic rings. The lowest BCUT2D eigenvalue weighted by atomic mass is 10.1. The van der Waals surface area contributed by atoms with Crippen molar-refractivity contribution in [2.24, 2.45) is 0 Å². The van der Waals surface area contributed by atoms with Crippen LogP contribution in [0.4, 0.5) is 23.3 Å². The molecule has 176 valence electrons. The van der Waals surface area contributed by atoms with Gasteiger partial charge in [-0.1, -0.05) is 11.6 Å². The number of nitro benzene ring substituents is 1. The van der Waals surface area contributed by atoms with Crippen molar-refractivity contribution in [1.29, 1.82) is 0 Å². The van der Waals surface area contributed by atoms with Crippen LogP contribution >= 0.6 is 23.4 Å². The lowest BCUT2D eigenvalue weighted by Gasteiger charge is -2.11. The number of nitro groups is 1. The van der Waals surface area contributed by atoms with E-state index in [0.717, 1.165) is 30.3 Å². The summed E-state index contributed by atoms with van der Waals surface area (Å²) in [5.74, 6) is -1.83. The first-order chi connectivity index (χ1) is 14.3. The first-order valence-corrected chi connectivity index (χ1v) is 9.49. The van der Waals surface area contributed by atoms with Gasteiger partial charge in [0.2, 0.25) is 11.8 Å². The summed E-state index contributed by atoms with van der Waals surface area (Å²) in [7, 11) is -5.36. The maximum Gasteiger partial charge on any atom is 0.489 e. The molecule has 2 N–H and O–H groups in total. The number of ether oxygens (including phenoxy) is 1. The molecule has 0 saturated heterocycles. The number of aromatic carboxylic acids is 1. The number of carboxylic acids is 1. The molecule has 0 saturated carbocycles. The minimum atomic E-state index is -5.36. The Morgan fingerprint density at radius 1 is 1.19 bits per heavy atom. The van der Waals surface area contributed by atoms with Gasteiger partial charge in [-0.15, -0.1) is 8.42 Å². The zero-order valence-electron chi connectivity index (χ0n) is 14.8. The highest BCUT2D eigenvalue weighted by atomic mass is 35.5. The van der Waals surface area contributed by atoms with Crippen molar-refractivity contribution in [1.82, 2.24) is 0 Å². The average molecular weight is 527 g/mol. The summed E-state index contributed by atoms with van der Waals surface area (Å²) in [6.45, 7) is 0. The maximum absolute atomic E-state index is 12.6. The summed E-state index contributed by atoms with van der Waals surface area (Å²) < 4.78 is 76.6. The molecule has 2 aromatic carbocycles. The number of nitrogens with zero attached hydrogens (tertiary/aromatic N) is 2. The third-order valence-corrected chi connectivity index (χ3v) is 4.51. The molecular formula is C14H8Cl2F4N2O9S. The lowest BCUT2D eigenvalue weighted by molar-refractivity contribution is -0.798. The molecule has 0 spiro atoms. The van der Waals surface area contributed by atoms with E-state index in [2.05, 4.69) is 11.8 Å². The van der Waals surface area contributed by atoms with Gasteiger partial charge >= 0.3 is 22.4 Å². The molecule has 0 aromatic heterocycles. The van der Waals surface area contributed by atoms with Crippen molar-refractivity contribution < 1.29 is 54.0 Å². The highest BCUT2D eigenvalue weighted by Crippen LogP contribution is 2.37. The van der Waals surface area contributed by atoms with Gasteiger partial charge in [-0.3, -0.25) is 10.1 Å². The molecule has 1 atom stereocenters. The van der Waals surface area contributed by atoms with Crippen molar-refractivity contribution >= 4 is 45.3 Å². The van der Waals surface area contributed by atoms with Crippen LogP contribution in [0.5, 0.6) is 11.5 Å². The number of hydrogen-bond donors (Lipinski definition) is 2. The molecule has 0 bridgehead atoms. The molecule has 0 heterocycles. The minimum Gasteiger partial charge on any atom is -0.556 e. The average Bonchev–Trinajstić information content (AvgIpc) is 2.61. The van der Waals surface area contributed by atoms with Crippen LogP contribution in [0, 0.1) is 15.3 Å². The Morgan fingerprint density at radius 3 is 2.09 bits per heavy atom. The number of quaternary nitrogens is 1. The molecule has 0 amide bonds. The molecule has 2 aromatic rings. The van der Waals surface area contributed by atoms with Gasteiger partial charge in [0.1, 0.15) is 17.1 Å². The fraction of sp³-hybridized carbons (Fsp3) is 0.0714. The van der Waals surface area contributed by atoms with Gasteiger partial charge in [0.25, 0.3) is 5.69 Å². The Morgan fingerprint density at radius 2 is 1.72 bits per heavy atom. The molecule has 1 unspecified atom stereocenters. The third kappa shape index (κ3) is 7.43. The fourth-order valence-corrected chi connectivity index (χ4v) is 2.02. The molecule has 0 radical (unpaired) electrons. The first-order valence-electron chi connectivity index (χ1n) is 7.38. The SMILES string of the molecule is O=C(O)c1cc(Oc2ccc(C(F)(F)F)cc2Cl)ccc1[N+](=O)[O-].O=S(=O)(O)[N+]([O-])(F)Cl. The molecule has 11 nitrogen and oxygen atoms in total. The van der Waals surface area contributed by atoms with E-state index in [-0.39, 0.29) is 16.5 Å². The Hall–Kier alpha value is -2.76. The monoisotopic (exact) mass is 526 g/mol. The predicted octanol–water partition coefficient (Wildman–Crippen LogP) is 4.90. The van der Waals surface area contributed by atoms with E-state index in [4.69, 9.17) is 26.0 Å². The van der Waals surface area contributed by atoms with Gasteiger partial charge in [-0.25, -0.2) is 9.35 Å². The second-order valence-electron chi connectivity index (χ2n) is 5.35. The smallest absolute Gasteiger partial charge is 0.489 e. The zero-order valence-corrected chi connectivity index (χ0v) is 17.1. The standard InChI is InChI=1S/C14H7ClF3NO5.ClFHNO4S/c15-10-5-7(14(16,17)18)1-4-12(10)24-8-2-3-11(19(22)23)9(6-8)13(20)21;1-3(2,4)8(5,6)7/h1-6H,(H,20,21);(H,5,6,7). The van der Waals surface area contributed by atoms with Crippen molar-refractivity contribution in [3.63, 3.8) is 0 Å². The van der Waals surface area contributed by atoms with Crippen LogP contribution in [0.15, 0.2) is 36.4 Å². The van der Waals surface area contributed by atoms with Gasteiger partial charge in [0.15, 0.2) is 0 Å². The predicted molar refractivity (Wildman–Crippen MR) is 98.7 cm³/mol. The zero-order chi connectivity index (χ0) is 25.1. The van der Waals surface area contributed by atoms with Gasteiger partial charge in [0.05, 0.1) is 19.3 Å². The number of carboxylic acid groups (broad SMARTS) is 1. The van der Waals surface area contributed by atoms with Gasteiger partial charge in [-0.2, -0.15) is 13.2 Å². The number of rotatable bonds is 5. The van der Waals surface area contributed by atoms with Crippen LogP contribution in [0.2, 0.25) is 5.02 Å². The summed E-state index contributed by atoms with van der Waals surface area (Å²) in [4.78, 5) is 20.9. The highest BCUT2D eigenvalue weighted by Gasteiger charge is 2.32. The second kappa shape index (κ2) is 9.80. The van der Waals surface area contributed by atoms with Crippen molar-refractivity contribution in [3.05, 3.63) is 67.9 Å². The van der Waals surface area contributed by atoms with Crippen LogP contribution in [0.1, 0.15) is 15.9 Å². The van der Waals surface area contributed by atoms with Gasteiger partial charge in [-0.05, 0) is 24.3 Å². The lowest BCUT2D eigenvalue weighted by Crippen LogP contribution is -2.28. The van der Waals surface area contributed by atoms with E-state index in [1.165, 1.54) is 0 Å². The Labute approximate surface area is 185 Å². The number of alkyl halides is 3. The molecule has 0 aliphatic heterocycles. The summed E-state index contributed by atoms with van der Waals surface area (Å²) in [6, 6.07) is 5.27. The quantitative estimate of drug-likeness (QED) is 0.181. The van der Waals surface area contributed by atoms with Gasteiger partial charge < -0.3 is 15.1 Å². The topological polar surface area (TPSA) is 167 Å². The third-order valence-electron chi connectivity index (χ3n) is 3.15. The summed E-state index contributed by atoms with van der Waals surface area (Å²) >= 11 is 9.61. The minimum absolute atomic E-state index is 0.125. The molecule has 0 fully saturated rings. The summed E-state index contributed by atoms with van der Waals surface area (Å²) in [6.07, 6.45) is -4.58. The Kier molecular flexibility index (Phi) is 8.35. The normalized spacial score (nSPS) is 13.4. The summed E-state index contributed by atoms with van der Waals surface area (Å²) in [5.41, 5.74) is -2.25. The van der Waals surface area contributed by atoms with Crippen molar-refractivity contribution in [2.75, 3.05) is 0 Å². The largest absolute Gasteiger partial charge is 0.556 e. The Balaban J connectivity index is 0.000000547. The number of hydrogen-bond acceptors (Lipinski definition) is 7. The molecule has 2 rings (SSSR count). The van der Waals surface area contributed by atoms with Crippen LogP contribution in [0.25, 0.3) is 0 Å². The first kappa shape index (κ1) is 27.3. The molecular weight excluding hydrogens is 519 g/mol. The number of carbonyl (C=O) groups is 1. The molecule has 18 heteroatoms. The molecule has 0 aliphatic carbocycles. The van der Waals surface area contributed by atoms with Crippen LogP contribution < -0.4 is 4.74 Å². The fourth-order valence-electron chi connectivity index (χ4n) is 1.80. The van der Waals surface area contributed by atoms with E-state index in [9.17, 15) is 46.2 Å². The van der Waals surface area contributed by atoms with Crippen LogP contribution in [0.3, 0.4) is 0 Å². The van der Waals surface area contributed by atoms with E-state index >= 15 is 0 Å². The van der Waals surface area contributed by atoms with E-state index in [1.54, 1.807) is 0 Å². The Bertz CT molecular complexity index is 1140. The van der Waals surface area contributed by atoms with Gasteiger partial charge in [0, 0.05) is 16.6 Å². The van der Waals surface area contributed by atoms with Crippen LogP contribution in [-0.4, -0.2) is 32.8 Å². The maximum atomic E-state index is 12.6. The van der Waals surface area contributed by atoms with Crippen LogP contribution in [-0.2, 0) is 16.5 Å². The van der Waals surface area contributed by atoms with Crippen molar-refractivity contribution in [2.45, 2.75) is 6.18 Å². The number of benzene rings is 2. The number of halogens is 6. The van der Waals surface area contributed by atoms with E-state index in [0.29, 0.717) is 6.07 Å². The van der Waals surface area contributed by atoms with Crippen molar-refractivity contribution in [3.8, 4) is 11.5 Å². The highest BCUT2D eigenvalue weighted by molar-refractivity contribution is 7.80.